The molecule has 0 aliphatic carbocycles. The van der Waals surface area contributed by atoms with E-state index in [0.717, 1.165) is 20.7 Å². The number of anilines is 2. The SMILES string of the molecule is CCC(=O)Nc1n[nH]c2cc(Sc3cccc(NC(=O)c4cccc(OC)c4)c3)ccc12. The smallest absolute Gasteiger partial charge is 0.255 e. The minimum Gasteiger partial charge on any atom is -0.497 e. The molecular formula is C24H22N4O3S. The Labute approximate surface area is 189 Å². The van der Waals surface area contributed by atoms with Gasteiger partial charge in [-0.25, -0.2) is 0 Å². The fraction of sp³-hybridized carbons (Fsp3) is 0.125. The van der Waals surface area contributed by atoms with Crippen LogP contribution >= 0.6 is 11.8 Å². The third kappa shape index (κ3) is 4.92. The number of carbonyl (C=O) groups is 2. The molecule has 3 N–H and O–H groups in total. The number of methoxy groups -OCH3 is 1. The highest BCUT2D eigenvalue weighted by Crippen LogP contribution is 2.32. The van der Waals surface area contributed by atoms with Crippen LogP contribution in [0.1, 0.15) is 23.7 Å². The minimum atomic E-state index is -0.202. The minimum absolute atomic E-state index is 0.0790. The fourth-order valence-electron chi connectivity index (χ4n) is 3.12. The first-order valence-corrected chi connectivity index (χ1v) is 10.9. The number of amides is 2. The summed E-state index contributed by atoms with van der Waals surface area (Å²) >= 11 is 1.57. The first-order valence-electron chi connectivity index (χ1n) is 10.1. The summed E-state index contributed by atoms with van der Waals surface area (Å²) in [5.41, 5.74) is 2.07. The first kappa shape index (κ1) is 21.5. The number of carbonyl (C=O) groups excluding carboxylic acids is 2. The van der Waals surface area contributed by atoms with Crippen molar-refractivity contribution in [3.8, 4) is 5.75 Å². The lowest BCUT2D eigenvalue weighted by atomic mass is 10.2. The topological polar surface area (TPSA) is 96.1 Å². The number of benzene rings is 3. The van der Waals surface area contributed by atoms with Gasteiger partial charge in [0.15, 0.2) is 5.82 Å². The molecule has 8 heteroatoms. The van der Waals surface area contributed by atoms with Crippen molar-refractivity contribution in [2.24, 2.45) is 0 Å². The highest BCUT2D eigenvalue weighted by atomic mass is 32.2. The lowest BCUT2D eigenvalue weighted by Gasteiger charge is -2.09. The zero-order chi connectivity index (χ0) is 22.5. The molecule has 0 saturated carbocycles. The van der Waals surface area contributed by atoms with Crippen LogP contribution in [0.4, 0.5) is 11.5 Å². The van der Waals surface area contributed by atoms with E-state index in [4.69, 9.17) is 4.74 Å². The molecule has 32 heavy (non-hydrogen) atoms. The van der Waals surface area contributed by atoms with Gasteiger partial charge in [-0.05, 0) is 54.6 Å². The number of nitrogens with one attached hydrogen (secondary N) is 3. The second kappa shape index (κ2) is 9.57. The molecule has 0 radical (unpaired) electrons. The zero-order valence-electron chi connectivity index (χ0n) is 17.6. The summed E-state index contributed by atoms with van der Waals surface area (Å²) in [6, 6.07) is 20.6. The highest BCUT2D eigenvalue weighted by molar-refractivity contribution is 7.99. The second-order valence-electron chi connectivity index (χ2n) is 7.00. The normalized spacial score (nSPS) is 10.7. The predicted molar refractivity (Wildman–Crippen MR) is 127 cm³/mol. The van der Waals surface area contributed by atoms with Crippen LogP contribution in [-0.4, -0.2) is 29.1 Å². The first-order chi connectivity index (χ1) is 15.6. The molecule has 2 amide bonds. The van der Waals surface area contributed by atoms with Crippen LogP contribution in [0.5, 0.6) is 5.75 Å². The van der Waals surface area contributed by atoms with E-state index in [9.17, 15) is 9.59 Å². The molecule has 162 valence electrons. The van der Waals surface area contributed by atoms with Crippen LogP contribution in [0.15, 0.2) is 76.5 Å². The van der Waals surface area contributed by atoms with Crippen LogP contribution in [0.3, 0.4) is 0 Å². The quantitative estimate of drug-likeness (QED) is 0.357. The molecule has 0 fully saturated rings. The summed E-state index contributed by atoms with van der Waals surface area (Å²) in [7, 11) is 1.57. The maximum absolute atomic E-state index is 12.6. The van der Waals surface area contributed by atoms with Gasteiger partial charge in [-0.1, -0.05) is 30.8 Å². The lowest BCUT2D eigenvalue weighted by Crippen LogP contribution is -2.11. The Morgan fingerprint density at radius 2 is 1.81 bits per heavy atom. The van der Waals surface area contributed by atoms with E-state index in [1.54, 1.807) is 50.1 Å². The van der Waals surface area contributed by atoms with Gasteiger partial charge in [0.25, 0.3) is 5.91 Å². The molecule has 0 spiro atoms. The molecule has 0 aliphatic rings. The van der Waals surface area contributed by atoms with Crippen molar-refractivity contribution in [1.82, 2.24) is 10.2 Å². The molecule has 7 nitrogen and oxygen atoms in total. The highest BCUT2D eigenvalue weighted by Gasteiger charge is 2.11. The second-order valence-corrected chi connectivity index (χ2v) is 8.14. The monoisotopic (exact) mass is 446 g/mol. The number of nitrogens with zero attached hydrogens (tertiary/aromatic N) is 1. The van der Waals surface area contributed by atoms with Gasteiger partial charge in [0, 0.05) is 32.8 Å². The molecule has 0 aliphatic heterocycles. The van der Waals surface area contributed by atoms with Crippen molar-refractivity contribution in [2.75, 3.05) is 17.7 Å². The zero-order valence-corrected chi connectivity index (χ0v) is 18.5. The van der Waals surface area contributed by atoms with E-state index in [0.29, 0.717) is 29.2 Å². The lowest BCUT2D eigenvalue weighted by molar-refractivity contribution is -0.115. The number of H-pyrrole nitrogens is 1. The molecular weight excluding hydrogens is 424 g/mol. The Morgan fingerprint density at radius 1 is 1.00 bits per heavy atom. The van der Waals surface area contributed by atoms with E-state index in [1.165, 1.54) is 0 Å². The molecule has 0 unspecified atom stereocenters. The van der Waals surface area contributed by atoms with Gasteiger partial charge in [0.05, 0.1) is 12.6 Å². The Balaban J connectivity index is 1.48. The van der Waals surface area contributed by atoms with E-state index in [2.05, 4.69) is 20.8 Å². The summed E-state index contributed by atoms with van der Waals surface area (Å²) in [6.07, 6.45) is 0.396. The van der Waals surface area contributed by atoms with Crippen molar-refractivity contribution < 1.29 is 14.3 Å². The summed E-state index contributed by atoms with van der Waals surface area (Å²) in [4.78, 5) is 26.2. The molecule has 3 aromatic carbocycles. The number of hydrogen-bond acceptors (Lipinski definition) is 5. The van der Waals surface area contributed by atoms with Gasteiger partial charge < -0.3 is 15.4 Å². The molecule has 1 heterocycles. The number of rotatable bonds is 7. The van der Waals surface area contributed by atoms with Gasteiger partial charge in [-0.2, -0.15) is 5.10 Å². The third-order valence-corrected chi connectivity index (χ3v) is 5.75. The van der Waals surface area contributed by atoms with E-state index in [-0.39, 0.29) is 11.8 Å². The van der Waals surface area contributed by atoms with Gasteiger partial charge >= 0.3 is 0 Å². The number of fused-ring (bicyclic) bond motifs is 1. The Hall–Kier alpha value is -3.78. The van der Waals surface area contributed by atoms with Crippen LogP contribution in [0.2, 0.25) is 0 Å². The Bertz CT molecular complexity index is 1290. The number of ether oxygens (including phenoxy) is 1. The van der Waals surface area contributed by atoms with E-state index >= 15 is 0 Å². The van der Waals surface area contributed by atoms with Gasteiger partial charge in [-0.3, -0.25) is 14.7 Å². The fourth-order valence-corrected chi connectivity index (χ4v) is 4.04. The summed E-state index contributed by atoms with van der Waals surface area (Å²) in [6.45, 7) is 1.80. The molecule has 0 bridgehead atoms. The summed E-state index contributed by atoms with van der Waals surface area (Å²) in [5.74, 6) is 0.885. The molecule has 0 saturated heterocycles. The van der Waals surface area contributed by atoms with Crippen molar-refractivity contribution in [3.05, 3.63) is 72.3 Å². The van der Waals surface area contributed by atoms with Crippen LogP contribution in [0, 0.1) is 0 Å². The van der Waals surface area contributed by atoms with Gasteiger partial charge in [0.2, 0.25) is 5.91 Å². The number of aromatic nitrogens is 2. The molecule has 4 aromatic rings. The summed E-state index contributed by atoms with van der Waals surface area (Å²) < 4.78 is 5.19. The van der Waals surface area contributed by atoms with Crippen LogP contribution < -0.4 is 15.4 Å². The summed E-state index contributed by atoms with van der Waals surface area (Å²) in [5, 5.41) is 13.7. The van der Waals surface area contributed by atoms with Gasteiger partial charge in [0.1, 0.15) is 5.75 Å². The number of hydrogen-bond donors (Lipinski definition) is 3. The average Bonchev–Trinajstić information content (AvgIpc) is 3.21. The Kier molecular flexibility index (Phi) is 6.42. The standard InChI is InChI=1S/C24H22N4O3S/c1-3-22(29)26-23-20-11-10-19(14-21(20)27-28-23)32-18-9-5-7-16(13-18)25-24(30)15-6-4-8-17(12-15)31-2/h4-14H,3H2,1-2H3,(H,25,30)(H2,26,27,28,29). The number of aromatic amines is 1. The maximum atomic E-state index is 12.6. The van der Waals surface area contributed by atoms with Crippen molar-refractivity contribution in [3.63, 3.8) is 0 Å². The van der Waals surface area contributed by atoms with Crippen LogP contribution in [0.25, 0.3) is 10.9 Å². The Morgan fingerprint density at radius 3 is 2.62 bits per heavy atom. The average molecular weight is 447 g/mol. The van der Waals surface area contributed by atoms with Crippen LogP contribution in [-0.2, 0) is 4.79 Å². The molecule has 0 atom stereocenters. The van der Waals surface area contributed by atoms with Crippen molar-refractivity contribution >= 4 is 46.0 Å². The van der Waals surface area contributed by atoms with Crippen molar-refractivity contribution in [2.45, 2.75) is 23.1 Å². The van der Waals surface area contributed by atoms with Crippen molar-refractivity contribution in [1.29, 1.82) is 0 Å². The van der Waals surface area contributed by atoms with E-state index in [1.807, 2.05) is 42.5 Å². The predicted octanol–water partition coefficient (Wildman–Crippen LogP) is 5.32. The molecule has 1 aromatic heterocycles. The van der Waals surface area contributed by atoms with Gasteiger partial charge in [-0.15, -0.1) is 0 Å². The largest absolute Gasteiger partial charge is 0.497 e. The molecule has 4 rings (SSSR count). The third-order valence-electron chi connectivity index (χ3n) is 4.77. The van der Waals surface area contributed by atoms with E-state index < -0.39 is 0 Å². The maximum Gasteiger partial charge on any atom is 0.255 e.